The third kappa shape index (κ3) is 3.81. The molecule has 0 amide bonds. The second-order valence-electron chi connectivity index (χ2n) is 5.44. The lowest BCUT2D eigenvalue weighted by molar-refractivity contribution is 0.412. The molecule has 1 fully saturated rings. The van der Waals surface area contributed by atoms with E-state index in [0.717, 1.165) is 31.2 Å². The number of hydrogen-bond donors (Lipinski definition) is 1. The zero-order chi connectivity index (χ0) is 14.6. The molecular formula is C15H24N2O2S. The summed E-state index contributed by atoms with van der Waals surface area (Å²) in [4.78, 5) is 0.400. The van der Waals surface area contributed by atoms with Gasteiger partial charge in [0.1, 0.15) is 0 Å². The number of sulfonamides is 1. The molecule has 1 saturated carbocycles. The first-order valence-electron chi connectivity index (χ1n) is 7.37. The monoisotopic (exact) mass is 296 g/mol. The molecule has 20 heavy (non-hydrogen) atoms. The van der Waals surface area contributed by atoms with Gasteiger partial charge in [-0.1, -0.05) is 19.1 Å². The van der Waals surface area contributed by atoms with E-state index >= 15 is 0 Å². The molecule has 5 heteroatoms. The minimum absolute atomic E-state index is 0.400. The third-order valence-corrected chi connectivity index (χ3v) is 5.70. The Morgan fingerprint density at radius 3 is 2.40 bits per heavy atom. The van der Waals surface area contributed by atoms with Gasteiger partial charge in [0.15, 0.2) is 0 Å². The van der Waals surface area contributed by atoms with Crippen molar-refractivity contribution in [1.82, 2.24) is 4.31 Å². The van der Waals surface area contributed by atoms with Crippen molar-refractivity contribution in [2.45, 2.75) is 37.5 Å². The normalized spacial score (nSPS) is 15.8. The summed E-state index contributed by atoms with van der Waals surface area (Å²) in [6.45, 7) is 3.75. The van der Waals surface area contributed by atoms with Gasteiger partial charge >= 0.3 is 0 Å². The second-order valence-corrected chi connectivity index (χ2v) is 7.37. The maximum atomic E-state index is 12.6. The highest BCUT2D eigenvalue weighted by molar-refractivity contribution is 7.89. The van der Waals surface area contributed by atoms with Gasteiger partial charge in [-0.05, 0) is 55.8 Å². The van der Waals surface area contributed by atoms with Crippen LogP contribution >= 0.6 is 0 Å². The van der Waals surface area contributed by atoms with Crippen LogP contribution < -0.4 is 5.73 Å². The maximum Gasteiger partial charge on any atom is 0.243 e. The third-order valence-electron chi connectivity index (χ3n) is 3.74. The molecule has 2 N–H and O–H groups in total. The van der Waals surface area contributed by atoms with Gasteiger partial charge in [0, 0.05) is 13.1 Å². The lowest BCUT2D eigenvalue weighted by Crippen LogP contribution is -2.32. The minimum atomic E-state index is -3.33. The summed E-state index contributed by atoms with van der Waals surface area (Å²) in [5, 5.41) is 0. The van der Waals surface area contributed by atoms with Crippen LogP contribution in [0.1, 0.15) is 31.7 Å². The van der Waals surface area contributed by atoms with E-state index in [1.165, 1.54) is 0 Å². The minimum Gasteiger partial charge on any atom is -0.330 e. The molecule has 1 aliphatic rings. The van der Waals surface area contributed by atoms with Crippen LogP contribution in [0.2, 0.25) is 0 Å². The highest BCUT2D eigenvalue weighted by Crippen LogP contribution is 2.31. The molecule has 0 radical (unpaired) electrons. The fourth-order valence-electron chi connectivity index (χ4n) is 2.27. The van der Waals surface area contributed by atoms with Crippen LogP contribution in [-0.2, 0) is 16.4 Å². The Bertz CT molecular complexity index is 521. The Kier molecular flexibility index (Phi) is 5.18. The summed E-state index contributed by atoms with van der Waals surface area (Å²) < 4.78 is 26.7. The van der Waals surface area contributed by atoms with Gasteiger partial charge in [0.25, 0.3) is 0 Å². The van der Waals surface area contributed by atoms with Crippen LogP contribution in [0.25, 0.3) is 0 Å². The van der Waals surface area contributed by atoms with E-state index in [-0.39, 0.29) is 0 Å². The van der Waals surface area contributed by atoms with E-state index in [4.69, 9.17) is 5.73 Å². The zero-order valence-corrected chi connectivity index (χ0v) is 12.9. The van der Waals surface area contributed by atoms with Crippen molar-refractivity contribution in [2.75, 3.05) is 19.6 Å². The van der Waals surface area contributed by atoms with Crippen molar-refractivity contribution in [3.8, 4) is 0 Å². The molecule has 0 aliphatic heterocycles. The van der Waals surface area contributed by atoms with Gasteiger partial charge in [0.05, 0.1) is 4.90 Å². The number of rotatable bonds is 8. The molecule has 0 unspecified atom stereocenters. The Morgan fingerprint density at radius 2 is 1.90 bits per heavy atom. The van der Waals surface area contributed by atoms with E-state index in [0.29, 0.717) is 30.4 Å². The Morgan fingerprint density at radius 1 is 1.25 bits per heavy atom. The van der Waals surface area contributed by atoms with Gasteiger partial charge in [-0.25, -0.2) is 8.42 Å². The largest absolute Gasteiger partial charge is 0.330 e. The van der Waals surface area contributed by atoms with Crippen LogP contribution in [0.4, 0.5) is 0 Å². The Labute approximate surface area is 122 Å². The summed E-state index contributed by atoms with van der Waals surface area (Å²) in [6, 6.07) is 7.23. The fraction of sp³-hybridized carbons (Fsp3) is 0.600. The molecular weight excluding hydrogens is 272 g/mol. The summed E-state index contributed by atoms with van der Waals surface area (Å²) >= 11 is 0. The van der Waals surface area contributed by atoms with Crippen LogP contribution in [-0.4, -0.2) is 32.4 Å². The standard InChI is InChI=1S/C15H24N2O2S/c1-2-17(12-14-5-6-14)20(18,19)15-9-7-13(8-10-15)4-3-11-16/h7-10,14H,2-6,11-12,16H2,1H3. The van der Waals surface area contributed by atoms with Crippen molar-refractivity contribution >= 4 is 10.0 Å². The lowest BCUT2D eigenvalue weighted by atomic mass is 10.1. The first kappa shape index (κ1) is 15.5. The smallest absolute Gasteiger partial charge is 0.243 e. The molecule has 0 saturated heterocycles. The molecule has 1 aliphatic carbocycles. The molecule has 2 rings (SSSR count). The lowest BCUT2D eigenvalue weighted by Gasteiger charge is -2.20. The summed E-state index contributed by atoms with van der Waals surface area (Å²) in [7, 11) is -3.33. The number of nitrogens with two attached hydrogens (primary N) is 1. The van der Waals surface area contributed by atoms with Gasteiger partial charge in [-0.2, -0.15) is 4.31 Å². The number of hydrogen-bond acceptors (Lipinski definition) is 3. The molecule has 1 aromatic carbocycles. The molecule has 0 heterocycles. The summed E-state index contributed by atoms with van der Waals surface area (Å²) in [5.74, 6) is 0.563. The van der Waals surface area contributed by atoms with Crippen LogP contribution in [0.5, 0.6) is 0 Å². The molecule has 0 bridgehead atoms. The first-order valence-corrected chi connectivity index (χ1v) is 8.81. The SMILES string of the molecule is CCN(CC1CC1)S(=O)(=O)c1ccc(CCCN)cc1. The van der Waals surface area contributed by atoms with Gasteiger partial charge in [0.2, 0.25) is 10.0 Å². The predicted molar refractivity (Wildman–Crippen MR) is 81.0 cm³/mol. The number of aryl methyl sites for hydroxylation is 1. The van der Waals surface area contributed by atoms with E-state index in [9.17, 15) is 8.42 Å². The molecule has 0 spiro atoms. The van der Waals surface area contributed by atoms with Crippen molar-refractivity contribution in [2.24, 2.45) is 11.7 Å². The van der Waals surface area contributed by atoms with E-state index < -0.39 is 10.0 Å². The Balaban J connectivity index is 2.10. The zero-order valence-electron chi connectivity index (χ0n) is 12.1. The topological polar surface area (TPSA) is 63.4 Å². The summed E-state index contributed by atoms with van der Waals surface area (Å²) in [6.07, 6.45) is 4.14. The molecule has 4 nitrogen and oxygen atoms in total. The van der Waals surface area contributed by atoms with Crippen molar-refractivity contribution < 1.29 is 8.42 Å². The highest BCUT2D eigenvalue weighted by atomic mass is 32.2. The van der Waals surface area contributed by atoms with Gasteiger partial charge in [-0.3, -0.25) is 0 Å². The van der Waals surface area contributed by atoms with Gasteiger partial charge < -0.3 is 5.73 Å². The fourth-order valence-corrected chi connectivity index (χ4v) is 3.79. The van der Waals surface area contributed by atoms with E-state index in [1.807, 2.05) is 19.1 Å². The summed E-state index contributed by atoms with van der Waals surface area (Å²) in [5.41, 5.74) is 6.62. The maximum absolute atomic E-state index is 12.6. The average Bonchev–Trinajstić information content (AvgIpc) is 3.26. The number of nitrogens with zero attached hydrogens (tertiary/aromatic N) is 1. The molecule has 1 aromatic rings. The molecule has 0 atom stereocenters. The average molecular weight is 296 g/mol. The van der Waals surface area contributed by atoms with Crippen LogP contribution in [0.15, 0.2) is 29.2 Å². The van der Waals surface area contributed by atoms with E-state index in [1.54, 1.807) is 16.4 Å². The van der Waals surface area contributed by atoms with E-state index in [2.05, 4.69) is 0 Å². The number of benzene rings is 1. The highest BCUT2D eigenvalue weighted by Gasteiger charge is 2.30. The quantitative estimate of drug-likeness (QED) is 0.798. The first-order chi connectivity index (χ1) is 9.57. The van der Waals surface area contributed by atoms with Gasteiger partial charge in [-0.15, -0.1) is 0 Å². The van der Waals surface area contributed by atoms with Crippen molar-refractivity contribution in [1.29, 1.82) is 0 Å². The molecule has 112 valence electrons. The second kappa shape index (κ2) is 6.70. The Hall–Kier alpha value is -0.910. The van der Waals surface area contributed by atoms with Crippen molar-refractivity contribution in [3.05, 3.63) is 29.8 Å². The van der Waals surface area contributed by atoms with Crippen LogP contribution in [0.3, 0.4) is 0 Å². The predicted octanol–water partition coefficient (Wildman–Crippen LogP) is 2.00. The molecule has 0 aromatic heterocycles. The van der Waals surface area contributed by atoms with Crippen LogP contribution in [0, 0.1) is 5.92 Å². The van der Waals surface area contributed by atoms with Crippen molar-refractivity contribution in [3.63, 3.8) is 0 Å².